The maximum absolute atomic E-state index is 10.4. The van der Waals surface area contributed by atoms with Gasteiger partial charge < -0.3 is 46.2 Å². The molecule has 1 aromatic carbocycles. The fourth-order valence-electron chi connectivity index (χ4n) is 1.96. The highest BCUT2D eigenvalue weighted by molar-refractivity contribution is 5.73. The number of aliphatic carboxylic acids is 1. The minimum atomic E-state index is -1.81. The minimum Gasteiger partial charge on any atom is -0.504 e. The van der Waals surface area contributed by atoms with Crippen LogP contribution >= 0.6 is 0 Å². The van der Waals surface area contributed by atoms with Gasteiger partial charge in [-0.2, -0.15) is 0 Å². The van der Waals surface area contributed by atoms with Crippen molar-refractivity contribution < 1.29 is 45.3 Å². The first-order valence-electron chi connectivity index (χ1n) is 7.00. The fraction of sp³-hybridized carbons (Fsp3) is 0.500. The summed E-state index contributed by atoms with van der Waals surface area (Å²) in [5.74, 6) is -1.70. The topological polar surface area (TPSA) is 194 Å². The quantitative estimate of drug-likeness (QED) is 0.270. The molecule has 1 aromatic rings. The first kappa shape index (κ1) is 20.1. The summed E-state index contributed by atoms with van der Waals surface area (Å²) < 4.78 is 4.34. The van der Waals surface area contributed by atoms with Crippen LogP contribution in [-0.4, -0.2) is 79.0 Å². The standard InChI is InChI=1S/C8H11NO2.C6H10O7/c9-4-3-6-1-2-7(10)8(11)5-6;7-1-2(8)4(5(10)11)13-6(12)3(1)9/h1-2,5,10-11H,3-4,9H2;1-4,6-9,12H,(H,10,11)/t;1-,2-,3+,4-,6?/m.0/s1. The number of aromatic hydroxyl groups is 2. The molecule has 9 N–H and O–H groups in total. The SMILES string of the molecule is NCCc1ccc(O)c(O)c1.O=C(O)[C@H]1OC(O)[C@H](O)[C@@H](O)[C@@H]1O. The zero-order valence-electron chi connectivity index (χ0n) is 12.6. The van der Waals surface area contributed by atoms with E-state index < -0.39 is 36.7 Å². The maximum Gasteiger partial charge on any atom is 0.335 e. The van der Waals surface area contributed by atoms with Crippen LogP contribution in [0.5, 0.6) is 11.5 Å². The van der Waals surface area contributed by atoms with E-state index in [0.717, 1.165) is 5.56 Å². The van der Waals surface area contributed by atoms with Crippen molar-refractivity contribution in [1.82, 2.24) is 0 Å². The number of aliphatic hydroxyl groups is 4. The molecule has 1 aliphatic heterocycles. The van der Waals surface area contributed by atoms with Crippen LogP contribution in [0.15, 0.2) is 18.2 Å². The lowest BCUT2D eigenvalue weighted by Gasteiger charge is -2.36. The van der Waals surface area contributed by atoms with Gasteiger partial charge >= 0.3 is 5.97 Å². The smallest absolute Gasteiger partial charge is 0.335 e. The van der Waals surface area contributed by atoms with E-state index in [0.29, 0.717) is 13.0 Å². The van der Waals surface area contributed by atoms with E-state index in [-0.39, 0.29) is 11.5 Å². The van der Waals surface area contributed by atoms with E-state index in [1.165, 1.54) is 12.1 Å². The van der Waals surface area contributed by atoms with Gasteiger partial charge in [-0.25, -0.2) is 4.79 Å². The summed E-state index contributed by atoms with van der Waals surface area (Å²) in [5.41, 5.74) is 6.24. The van der Waals surface area contributed by atoms with Crippen LogP contribution in [0.2, 0.25) is 0 Å². The lowest BCUT2D eigenvalue weighted by Crippen LogP contribution is -2.59. The molecule has 1 aliphatic rings. The van der Waals surface area contributed by atoms with E-state index in [4.69, 9.17) is 41.5 Å². The monoisotopic (exact) mass is 347 g/mol. The van der Waals surface area contributed by atoms with Crippen molar-refractivity contribution in [2.45, 2.75) is 37.1 Å². The van der Waals surface area contributed by atoms with Crippen molar-refractivity contribution in [3.63, 3.8) is 0 Å². The van der Waals surface area contributed by atoms with Crippen LogP contribution in [0.3, 0.4) is 0 Å². The Morgan fingerprint density at radius 2 is 1.67 bits per heavy atom. The molecule has 1 unspecified atom stereocenters. The van der Waals surface area contributed by atoms with Crippen LogP contribution in [-0.2, 0) is 16.0 Å². The fourth-order valence-corrected chi connectivity index (χ4v) is 1.96. The molecule has 0 aromatic heterocycles. The number of rotatable bonds is 3. The predicted octanol–water partition coefficient (Wildman–Crippen LogP) is -2.53. The number of nitrogens with two attached hydrogens (primary N) is 1. The van der Waals surface area contributed by atoms with Gasteiger partial charge in [0.05, 0.1) is 0 Å². The molecule has 0 radical (unpaired) electrons. The molecule has 0 saturated carbocycles. The number of hydrogen-bond acceptors (Lipinski definition) is 9. The van der Waals surface area contributed by atoms with E-state index >= 15 is 0 Å². The van der Waals surface area contributed by atoms with Crippen LogP contribution in [0.4, 0.5) is 0 Å². The molecule has 5 atom stereocenters. The van der Waals surface area contributed by atoms with Gasteiger partial charge in [0.15, 0.2) is 23.9 Å². The third kappa shape index (κ3) is 5.03. The van der Waals surface area contributed by atoms with Crippen LogP contribution in [0.25, 0.3) is 0 Å². The Morgan fingerprint density at radius 3 is 2.17 bits per heavy atom. The molecule has 2 rings (SSSR count). The van der Waals surface area contributed by atoms with E-state index in [9.17, 15) is 4.79 Å². The summed E-state index contributed by atoms with van der Waals surface area (Å²) in [4.78, 5) is 10.4. The number of phenolic OH excluding ortho intramolecular Hbond substituents is 2. The molecule has 0 aliphatic carbocycles. The molecule has 10 nitrogen and oxygen atoms in total. The van der Waals surface area contributed by atoms with Gasteiger partial charge in [0.1, 0.15) is 18.3 Å². The molecule has 1 heterocycles. The zero-order valence-corrected chi connectivity index (χ0v) is 12.6. The lowest BCUT2D eigenvalue weighted by molar-refractivity contribution is -0.279. The Balaban J connectivity index is 0.000000243. The Hall–Kier alpha value is -1.95. The van der Waals surface area contributed by atoms with Gasteiger partial charge in [0.2, 0.25) is 0 Å². The molecule has 10 heteroatoms. The number of benzene rings is 1. The van der Waals surface area contributed by atoms with Crippen molar-refractivity contribution in [3.8, 4) is 11.5 Å². The third-order valence-electron chi connectivity index (χ3n) is 3.30. The predicted molar refractivity (Wildman–Crippen MR) is 79.1 cm³/mol. The second kappa shape index (κ2) is 8.78. The zero-order chi connectivity index (χ0) is 18.4. The summed E-state index contributed by atoms with van der Waals surface area (Å²) in [7, 11) is 0. The molecule has 24 heavy (non-hydrogen) atoms. The second-order valence-electron chi connectivity index (χ2n) is 5.12. The van der Waals surface area contributed by atoms with Crippen molar-refractivity contribution in [3.05, 3.63) is 23.8 Å². The number of carboxylic acids is 1. The van der Waals surface area contributed by atoms with Gasteiger partial charge in [-0.1, -0.05) is 6.07 Å². The van der Waals surface area contributed by atoms with Crippen molar-refractivity contribution in [1.29, 1.82) is 0 Å². The van der Waals surface area contributed by atoms with Gasteiger partial charge in [0.25, 0.3) is 0 Å². The van der Waals surface area contributed by atoms with Crippen LogP contribution in [0.1, 0.15) is 5.56 Å². The molecule has 136 valence electrons. The normalized spacial score (nSPS) is 29.5. The summed E-state index contributed by atoms with van der Waals surface area (Å²) in [5, 5.41) is 62.3. The average molecular weight is 347 g/mol. The Morgan fingerprint density at radius 1 is 1.04 bits per heavy atom. The second-order valence-corrected chi connectivity index (χ2v) is 5.12. The highest BCUT2D eigenvalue weighted by Gasteiger charge is 2.46. The van der Waals surface area contributed by atoms with Gasteiger partial charge in [-0.3, -0.25) is 0 Å². The third-order valence-corrected chi connectivity index (χ3v) is 3.30. The van der Waals surface area contributed by atoms with E-state index in [2.05, 4.69) is 4.74 Å². The van der Waals surface area contributed by atoms with Gasteiger partial charge in [0, 0.05) is 0 Å². The first-order valence-corrected chi connectivity index (χ1v) is 7.00. The molecular weight excluding hydrogens is 326 g/mol. The summed E-state index contributed by atoms with van der Waals surface area (Å²) in [6.45, 7) is 0.546. The van der Waals surface area contributed by atoms with Crippen LogP contribution in [0, 0.1) is 0 Å². The van der Waals surface area contributed by atoms with Gasteiger partial charge in [-0.15, -0.1) is 0 Å². The van der Waals surface area contributed by atoms with E-state index in [1.54, 1.807) is 6.07 Å². The summed E-state index contributed by atoms with van der Waals surface area (Å²) in [6, 6.07) is 4.71. The molecule has 0 bridgehead atoms. The lowest BCUT2D eigenvalue weighted by atomic mass is 9.99. The largest absolute Gasteiger partial charge is 0.504 e. The Labute approximate surface area is 137 Å². The Bertz CT molecular complexity index is 553. The highest BCUT2D eigenvalue weighted by Crippen LogP contribution is 2.24. The number of ether oxygens (including phenoxy) is 1. The summed E-state index contributed by atoms with van der Waals surface area (Å²) >= 11 is 0. The molecule has 1 fully saturated rings. The molecular formula is C14H21NO9. The van der Waals surface area contributed by atoms with E-state index in [1.807, 2.05) is 0 Å². The maximum atomic E-state index is 10.4. The number of carboxylic acid groups (broad SMARTS) is 1. The molecule has 1 saturated heterocycles. The van der Waals surface area contributed by atoms with Crippen LogP contribution < -0.4 is 5.73 Å². The first-order chi connectivity index (χ1) is 11.2. The minimum absolute atomic E-state index is 0.0871. The number of carbonyl (C=O) groups is 1. The average Bonchev–Trinajstić information content (AvgIpc) is 2.53. The Kier molecular flexibility index (Phi) is 7.35. The van der Waals surface area contributed by atoms with Crippen molar-refractivity contribution in [2.75, 3.05) is 6.54 Å². The van der Waals surface area contributed by atoms with Crippen molar-refractivity contribution in [2.24, 2.45) is 5.73 Å². The van der Waals surface area contributed by atoms with Gasteiger partial charge in [-0.05, 0) is 30.7 Å². The molecule has 0 amide bonds. The molecule has 0 spiro atoms. The highest BCUT2D eigenvalue weighted by atomic mass is 16.6. The number of hydrogen-bond donors (Lipinski definition) is 8. The number of phenols is 2. The number of aliphatic hydroxyl groups excluding tert-OH is 4. The summed E-state index contributed by atoms with van der Waals surface area (Å²) in [6.07, 6.45) is -8.01. The van der Waals surface area contributed by atoms with Crippen molar-refractivity contribution >= 4 is 5.97 Å².